The van der Waals surface area contributed by atoms with E-state index in [0.29, 0.717) is 0 Å². The number of aromatic nitrogens is 2. The quantitative estimate of drug-likeness (QED) is 0.715. The lowest BCUT2D eigenvalue weighted by atomic mass is 10.1. The van der Waals surface area contributed by atoms with E-state index >= 15 is 0 Å². The van der Waals surface area contributed by atoms with Gasteiger partial charge in [0.25, 0.3) is 0 Å². The summed E-state index contributed by atoms with van der Waals surface area (Å²) in [4.78, 5) is 8.56. The van der Waals surface area contributed by atoms with Crippen molar-refractivity contribution in [2.45, 2.75) is 13.0 Å². The third-order valence-electron chi connectivity index (χ3n) is 3.03. The van der Waals surface area contributed by atoms with Gasteiger partial charge in [-0.05, 0) is 36.1 Å². The maximum Gasteiger partial charge on any atom is 0.147 e. The highest BCUT2D eigenvalue weighted by Gasteiger charge is 2.09. The minimum absolute atomic E-state index is 0.167. The Morgan fingerprint density at radius 3 is 2.74 bits per heavy atom. The standard InChI is InChI=1S/C14H14N4S/c1-9(10-2-4-11(15)5-3-10)18-14-13-12(6-7-19-13)16-8-17-14/h2-9H,15H2,1H3,(H,16,17,18). The molecule has 0 aliphatic rings. The summed E-state index contributed by atoms with van der Waals surface area (Å²) in [7, 11) is 0. The summed E-state index contributed by atoms with van der Waals surface area (Å²) in [6.45, 7) is 2.10. The molecule has 0 saturated heterocycles. The topological polar surface area (TPSA) is 63.8 Å². The third-order valence-corrected chi connectivity index (χ3v) is 3.94. The van der Waals surface area contributed by atoms with Crippen LogP contribution in [0.15, 0.2) is 42.0 Å². The summed E-state index contributed by atoms with van der Waals surface area (Å²) < 4.78 is 1.09. The van der Waals surface area contributed by atoms with Crippen LogP contribution >= 0.6 is 11.3 Å². The van der Waals surface area contributed by atoms with Crippen molar-refractivity contribution in [2.24, 2.45) is 0 Å². The molecular formula is C14H14N4S. The minimum Gasteiger partial charge on any atom is -0.399 e. The van der Waals surface area contributed by atoms with Crippen LogP contribution in [0.2, 0.25) is 0 Å². The van der Waals surface area contributed by atoms with Gasteiger partial charge in [-0.25, -0.2) is 9.97 Å². The molecule has 0 fully saturated rings. The van der Waals surface area contributed by atoms with Gasteiger partial charge in [0, 0.05) is 11.7 Å². The molecule has 2 aromatic heterocycles. The number of nitrogens with one attached hydrogen (secondary N) is 1. The van der Waals surface area contributed by atoms with Gasteiger partial charge < -0.3 is 11.1 Å². The number of benzene rings is 1. The molecule has 19 heavy (non-hydrogen) atoms. The largest absolute Gasteiger partial charge is 0.399 e. The Hall–Kier alpha value is -2.14. The van der Waals surface area contributed by atoms with Crippen LogP contribution in [0, 0.1) is 0 Å². The molecule has 1 unspecified atom stereocenters. The molecule has 3 rings (SSSR count). The Balaban J connectivity index is 1.88. The van der Waals surface area contributed by atoms with Gasteiger partial charge in [0.1, 0.15) is 12.1 Å². The molecule has 0 spiro atoms. The van der Waals surface area contributed by atoms with Crippen LogP contribution in [0.3, 0.4) is 0 Å². The van der Waals surface area contributed by atoms with Gasteiger partial charge in [-0.1, -0.05) is 12.1 Å². The predicted molar refractivity (Wildman–Crippen MR) is 80.3 cm³/mol. The predicted octanol–water partition coefficient (Wildman–Crippen LogP) is 3.45. The van der Waals surface area contributed by atoms with E-state index in [9.17, 15) is 0 Å². The normalized spacial score (nSPS) is 12.5. The van der Waals surface area contributed by atoms with Gasteiger partial charge in [-0.2, -0.15) is 0 Å². The first-order valence-electron chi connectivity index (χ1n) is 6.04. The van der Waals surface area contributed by atoms with E-state index in [2.05, 4.69) is 22.2 Å². The number of rotatable bonds is 3. The summed E-state index contributed by atoms with van der Waals surface area (Å²) in [5, 5.41) is 5.45. The number of nitrogen functional groups attached to an aromatic ring is 1. The zero-order chi connectivity index (χ0) is 13.2. The number of hydrogen-bond acceptors (Lipinski definition) is 5. The lowest BCUT2D eigenvalue weighted by molar-refractivity contribution is 0.877. The fourth-order valence-electron chi connectivity index (χ4n) is 1.96. The number of fused-ring (bicyclic) bond motifs is 1. The maximum atomic E-state index is 5.70. The van der Waals surface area contributed by atoms with Gasteiger partial charge in [-0.15, -0.1) is 11.3 Å². The highest BCUT2D eigenvalue weighted by molar-refractivity contribution is 7.17. The second-order valence-electron chi connectivity index (χ2n) is 4.39. The molecule has 3 aromatic rings. The SMILES string of the molecule is CC(Nc1ncnc2ccsc12)c1ccc(N)cc1. The van der Waals surface area contributed by atoms with Crippen LogP contribution in [0.25, 0.3) is 10.2 Å². The zero-order valence-corrected chi connectivity index (χ0v) is 11.3. The monoisotopic (exact) mass is 270 g/mol. The van der Waals surface area contributed by atoms with E-state index in [1.54, 1.807) is 17.7 Å². The average molecular weight is 270 g/mol. The summed E-state index contributed by atoms with van der Waals surface area (Å²) in [5.74, 6) is 0.879. The van der Waals surface area contributed by atoms with Crippen LogP contribution in [0.4, 0.5) is 11.5 Å². The molecule has 5 heteroatoms. The first kappa shape index (κ1) is 11.9. The second kappa shape index (κ2) is 4.85. The van der Waals surface area contributed by atoms with Gasteiger partial charge in [0.15, 0.2) is 0 Å². The molecule has 0 aliphatic heterocycles. The van der Waals surface area contributed by atoms with Crippen molar-refractivity contribution in [1.29, 1.82) is 0 Å². The van der Waals surface area contributed by atoms with Gasteiger partial charge in [-0.3, -0.25) is 0 Å². The number of thiophene rings is 1. The Kier molecular flexibility index (Phi) is 3.05. The molecule has 1 aromatic carbocycles. The zero-order valence-electron chi connectivity index (χ0n) is 10.5. The van der Waals surface area contributed by atoms with Crippen molar-refractivity contribution >= 4 is 33.1 Å². The third kappa shape index (κ3) is 2.37. The van der Waals surface area contributed by atoms with E-state index in [0.717, 1.165) is 21.7 Å². The highest BCUT2D eigenvalue weighted by Crippen LogP contribution is 2.28. The van der Waals surface area contributed by atoms with Gasteiger partial charge in [0.2, 0.25) is 0 Å². The molecule has 0 aliphatic carbocycles. The second-order valence-corrected chi connectivity index (χ2v) is 5.31. The van der Waals surface area contributed by atoms with Crippen LogP contribution in [0.1, 0.15) is 18.5 Å². The van der Waals surface area contributed by atoms with Crippen LogP contribution < -0.4 is 11.1 Å². The summed E-state index contributed by atoms with van der Waals surface area (Å²) >= 11 is 1.65. The lowest BCUT2D eigenvalue weighted by Gasteiger charge is -2.15. The van der Waals surface area contributed by atoms with Crippen molar-refractivity contribution in [2.75, 3.05) is 11.1 Å². The van der Waals surface area contributed by atoms with E-state index in [-0.39, 0.29) is 6.04 Å². The smallest absolute Gasteiger partial charge is 0.147 e. The fourth-order valence-corrected chi connectivity index (χ4v) is 2.76. The molecule has 3 N–H and O–H groups in total. The fraction of sp³-hybridized carbons (Fsp3) is 0.143. The molecule has 0 radical (unpaired) electrons. The van der Waals surface area contributed by atoms with Crippen molar-refractivity contribution < 1.29 is 0 Å². The Morgan fingerprint density at radius 1 is 1.16 bits per heavy atom. The van der Waals surface area contributed by atoms with E-state index in [4.69, 9.17) is 5.73 Å². The highest BCUT2D eigenvalue weighted by atomic mass is 32.1. The molecule has 2 heterocycles. The molecule has 0 amide bonds. The van der Waals surface area contributed by atoms with Gasteiger partial charge in [0.05, 0.1) is 10.2 Å². The van der Waals surface area contributed by atoms with Crippen LogP contribution in [-0.4, -0.2) is 9.97 Å². The molecule has 1 atom stereocenters. The summed E-state index contributed by atoms with van der Waals surface area (Å²) in [6.07, 6.45) is 1.59. The number of anilines is 2. The number of nitrogens with zero attached hydrogens (tertiary/aromatic N) is 2. The first-order chi connectivity index (χ1) is 9.24. The van der Waals surface area contributed by atoms with Crippen molar-refractivity contribution in [3.05, 3.63) is 47.6 Å². The Morgan fingerprint density at radius 2 is 1.95 bits per heavy atom. The van der Waals surface area contributed by atoms with E-state index in [1.165, 1.54) is 5.56 Å². The number of hydrogen-bond donors (Lipinski definition) is 2. The number of nitrogens with two attached hydrogens (primary N) is 1. The van der Waals surface area contributed by atoms with E-state index in [1.807, 2.05) is 35.7 Å². The molecule has 96 valence electrons. The molecule has 4 nitrogen and oxygen atoms in total. The molecular weight excluding hydrogens is 256 g/mol. The first-order valence-corrected chi connectivity index (χ1v) is 6.92. The minimum atomic E-state index is 0.167. The maximum absolute atomic E-state index is 5.70. The van der Waals surface area contributed by atoms with Gasteiger partial charge >= 0.3 is 0 Å². The van der Waals surface area contributed by atoms with Crippen molar-refractivity contribution in [3.8, 4) is 0 Å². The van der Waals surface area contributed by atoms with Crippen LogP contribution in [0.5, 0.6) is 0 Å². The van der Waals surface area contributed by atoms with E-state index < -0.39 is 0 Å². The Bertz CT molecular complexity index is 690. The molecule has 0 bridgehead atoms. The summed E-state index contributed by atoms with van der Waals surface area (Å²) in [6, 6.07) is 10.0. The molecule has 0 saturated carbocycles. The average Bonchev–Trinajstić information content (AvgIpc) is 2.89. The van der Waals surface area contributed by atoms with Crippen LogP contribution in [-0.2, 0) is 0 Å². The van der Waals surface area contributed by atoms with Crippen molar-refractivity contribution in [1.82, 2.24) is 9.97 Å². The van der Waals surface area contributed by atoms with Crippen molar-refractivity contribution in [3.63, 3.8) is 0 Å². The Labute approximate surface area is 115 Å². The summed E-state index contributed by atoms with van der Waals surface area (Å²) in [5.41, 5.74) is 8.63. The lowest BCUT2D eigenvalue weighted by Crippen LogP contribution is -2.08.